The van der Waals surface area contributed by atoms with Gasteiger partial charge in [0.05, 0.1) is 17.7 Å². The van der Waals surface area contributed by atoms with Crippen LogP contribution in [-0.4, -0.2) is 45.9 Å². The topological polar surface area (TPSA) is 114 Å². The van der Waals surface area contributed by atoms with Crippen molar-refractivity contribution in [3.63, 3.8) is 0 Å². The Morgan fingerprint density at radius 1 is 1.30 bits per heavy atom. The Hall–Kier alpha value is -2.12. The maximum absolute atomic E-state index is 12.4. The molecule has 1 aliphatic rings. The smallest absolute Gasteiger partial charge is 0.351 e. The van der Waals surface area contributed by atoms with Crippen molar-refractivity contribution >= 4 is 23.6 Å². The average molecular weight is 384 g/mol. The highest BCUT2D eigenvalue weighted by Gasteiger charge is 2.47. The van der Waals surface area contributed by atoms with Gasteiger partial charge in [-0.25, -0.2) is 4.79 Å². The summed E-state index contributed by atoms with van der Waals surface area (Å²) in [6.45, 7) is 12.5. The van der Waals surface area contributed by atoms with Gasteiger partial charge in [0.15, 0.2) is 0 Å². The average Bonchev–Trinajstić information content (AvgIpc) is 2.96. The van der Waals surface area contributed by atoms with Crippen molar-refractivity contribution in [1.82, 2.24) is 5.32 Å². The molecule has 0 fully saturated rings. The largest absolute Gasteiger partial charge is 0.478 e. The number of ether oxygens (including phenoxy) is 1. The normalized spacial score (nSPS) is 21.9. The van der Waals surface area contributed by atoms with Crippen LogP contribution in [0.2, 0.25) is 0 Å². The summed E-state index contributed by atoms with van der Waals surface area (Å²) in [5, 5.41) is 16.2. The standard InChI is InChI=1S/C19H32N2O6/c1-8-19(17(24)25)10-13(21-27-19)15(11(2)3)20-14(22)9-12(4)16(23)26-18(5,6)7/h11-12,15H,8-10H2,1-7H3,(H,20,22)(H,24,25)/t12?,15-,19?/m0/s1. The Morgan fingerprint density at radius 3 is 2.30 bits per heavy atom. The molecule has 27 heavy (non-hydrogen) atoms. The van der Waals surface area contributed by atoms with Gasteiger partial charge in [-0.1, -0.05) is 32.9 Å². The second kappa shape index (κ2) is 8.71. The van der Waals surface area contributed by atoms with Crippen LogP contribution in [0.25, 0.3) is 0 Å². The molecule has 0 saturated heterocycles. The molecule has 0 aromatic carbocycles. The first kappa shape index (κ1) is 22.9. The summed E-state index contributed by atoms with van der Waals surface area (Å²) in [5.74, 6) is -2.44. The van der Waals surface area contributed by atoms with Crippen molar-refractivity contribution in [2.45, 2.75) is 85.0 Å². The summed E-state index contributed by atoms with van der Waals surface area (Å²) in [6, 6.07) is -0.462. The predicted molar refractivity (Wildman–Crippen MR) is 100 cm³/mol. The zero-order valence-corrected chi connectivity index (χ0v) is 17.3. The highest BCUT2D eigenvalue weighted by molar-refractivity contribution is 5.98. The Bertz CT molecular complexity index is 608. The number of hydrogen-bond donors (Lipinski definition) is 2. The molecule has 0 aromatic heterocycles. The van der Waals surface area contributed by atoms with Crippen LogP contribution in [0.5, 0.6) is 0 Å². The van der Waals surface area contributed by atoms with Crippen molar-refractivity contribution in [3.8, 4) is 0 Å². The van der Waals surface area contributed by atoms with Crippen molar-refractivity contribution in [1.29, 1.82) is 0 Å². The van der Waals surface area contributed by atoms with Gasteiger partial charge in [-0.2, -0.15) is 0 Å². The minimum atomic E-state index is -1.38. The van der Waals surface area contributed by atoms with Gasteiger partial charge in [0.1, 0.15) is 5.60 Å². The Balaban J connectivity index is 2.74. The molecule has 0 aromatic rings. The summed E-state index contributed by atoms with van der Waals surface area (Å²) in [4.78, 5) is 41.2. The van der Waals surface area contributed by atoms with E-state index in [1.807, 2.05) is 13.8 Å². The van der Waals surface area contributed by atoms with Crippen LogP contribution in [0.1, 0.15) is 67.7 Å². The fraction of sp³-hybridized carbons (Fsp3) is 0.789. The van der Waals surface area contributed by atoms with Gasteiger partial charge in [-0.3, -0.25) is 9.59 Å². The van der Waals surface area contributed by atoms with Gasteiger partial charge in [-0.05, 0) is 33.1 Å². The van der Waals surface area contributed by atoms with Gasteiger partial charge in [0, 0.05) is 12.8 Å². The maximum Gasteiger partial charge on any atom is 0.351 e. The van der Waals surface area contributed by atoms with E-state index in [-0.39, 0.29) is 31.1 Å². The lowest BCUT2D eigenvalue weighted by atomic mass is 9.88. The number of carbonyl (C=O) groups is 3. The van der Waals surface area contributed by atoms with Crippen molar-refractivity contribution in [3.05, 3.63) is 0 Å². The summed E-state index contributed by atoms with van der Waals surface area (Å²) >= 11 is 0. The van der Waals surface area contributed by atoms with E-state index in [1.165, 1.54) is 0 Å². The molecular weight excluding hydrogens is 352 g/mol. The fourth-order valence-electron chi connectivity index (χ4n) is 2.76. The van der Waals surface area contributed by atoms with Crippen molar-refractivity contribution < 1.29 is 29.1 Å². The van der Waals surface area contributed by atoms with E-state index in [4.69, 9.17) is 9.57 Å². The zero-order valence-electron chi connectivity index (χ0n) is 17.3. The van der Waals surface area contributed by atoms with E-state index in [2.05, 4.69) is 10.5 Å². The molecule has 0 saturated carbocycles. The highest BCUT2D eigenvalue weighted by atomic mass is 16.7. The lowest BCUT2D eigenvalue weighted by Gasteiger charge is -2.25. The first-order chi connectivity index (χ1) is 12.3. The van der Waals surface area contributed by atoms with Crippen LogP contribution in [0.15, 0.2) is 5.16 Å². The number of oxime groups is 1. The zero-order chi connectivity index (χ0) is 21.0. The van der Waals surface area contributed by atoms with E-state index >= 15 is 0 Å². The molecule has 0 aliphatic carbocycles. The number of esters is 1. The van der Waals surface area contributed by atoms with Crippen LogP contribution in [0.3, 0.4) is 0 Å². The molecule has 1 heterocycles. The third kappa shape index (κ3) is 6.22. The number of carbonyl (C=O) groups excluding carboxylic acids is 2. The van der Waals surface area contributed by atoms with E-state index in [1.54, 1.807) is 34.6 Å². The van der Waals surface area contributed by atoms with Gasteiger partial charge in [-0.15, -0.1) is 0 Å². The highest BCUT2D eigenvalue weighted by Crippen LogP contribution is 2.30. The lowest BCUT2D eigenvalue weighted by molar-refractivity contribution is -0.163. The Labute approximate surface area is 160 Å². The van der Waals surface area contributed by atoms with E-state index in [9.17, 15) is 19.5 Å². The first-order valence-corrected chi connectivity index (χ1v) is 9.32. The van der Waals surface area contributed by atoms with Crippen molar-refractivity contribution in [2.24, 2.45) is 17.0 Å². The molecular formula is C19H32N2O6. The third-order valence-electron chi connectivity index (χ3n) is 4.41. The molecule has 2 N–H and O–H groups in total. The van der Waals surface area contributed by atoms with E-state index in [0.29, 0.717) is 5.71 Å². The molecule has 8 nitrogen and oxygen atoms in total. The monoisotopic (exact) mass is 384 g/mol. The summed E-state index contributed by atoms with van der Waals surface area (Å²) in [7, 11) is 0. The van der Waals surface area contributed by atoms with Gasteiger partial charge >= 0.3 is 11.9 Å². The number of aliphatic carboxylic acids is 1. The Morgan fingerprint density at radius 2 is 1.89 bits per heavy atom. The van der Waals surface area contributed by atoms with Crippen LogP contribution in [0, 0.1) is 11.8 Å². The van der Waals surface area contributed by atoms with Crippen LogP contribution in [-0.2, 0) is 24.0 Å². The second-order valence-electron chi connectivity index (χ2n) is 8.43. The molecule has 1 amide bonds. The predicted octanol–water partition coefficient (Wildman–Crippen LogP) is 2.50. The van der Waals surface area contributed by atoms with Crippen LogP contribution in [0.4, 0.5) is 0 Å². The number of amides is 1. The Kier molecular flexibility index (Phi) is 7.40. The fourth-order valence-corrected chi connectivity index (χ4v) is 2.76. The number of rotatable bonds is 8. The minimum absolute atomic E-state index is 0.0189. The van der Waals surface area contributed by atoms with E-state index in [0.717, 1.165) is 0 Å². The molecule has 154 valence electrons. The molecule has 0 spiro atoms. The molecule has 8 heteroatoms. The summed E-state index contributed by atoms with van der Waals surface area (Å²) in [6.07, 6.45) is 0.359. The number of nitrogens with one attached hydrogen (secondary N) is 1. The van der Waals surface area contributed by atoms with Gasteiger partial charge in [0.25, 0.3) is 0 Å². The van der Waals surface area contributed by atoms with Crippen molar-refractivity contribution in [2.75, 3.05) is 0 Å². The van der Waals surface area contributed by atoms with Gasteiger partial charge < -0.3 is 20.0 Å². The number of nitrogens with zero attached hydrogens (tertiary/aromatic N) is 1. The van der Waals surface area contributed by atoms with Crippen LogP contribution >= 0.6 is 0 Å². The van der Waals surface area contributed by atoms with E-state index < -0.39 is 35.1 Å². The third-order valence-corrected chi connectivity index (χ3v) is 4.41. The molecule has 3 atom stereocenters. The maximum atomic E-state index is 12.4. The second-order valence-corrected chi connectivity index (χ2v) is 8.43. The minimum Gasteiger partial charge on any atom is -0.478 e. The number of hydrogen-bond acceptors (Lipinski definition) is 6. The molecule has 2 unspecified atom stereocenters. The lowest BCUT2D eigenvalue weighted by Crippen LogP contribution is -2.47. The molecule has 0 radical (unpaired) electrons. The summed E-state index contributed by atoms with van der Waals surface area (Å²) < 4.78 is 5.29. The number of carboxylic acid groups (broad SMARTS) is 1. The molecule has 0 bridgehead atoms. The molecule has 1 aliphatic heterocycles. The first-order valence-electron chi connectivity index (χ1n) is 9.32. The SMILES string of the molecule is CCC1(C(=O)O)CC([C@@H](NC(=O)CC(C)C(=O)OC(C)(C)C)C(C)C)=NO1. The molecule has 1 rings (SSSR count). The summed E-state index contributed by atoms with van der Waals surface area (Å²) in [5.41, 5.74) is -1.50. The quantitative estimate of drug-likeness (QED) is 0.622. The van der Waals surface area contributed by atoms with Crippen LogP contribution < -0.4 is 5.32 Å². The number of carboxylic acids is 1. The van der Waals surface area contributed by atoms with Gasteiger partial charge in [0.2, 0.25) is 11.5 Å².